The Morgan fingerprint density at radius 2 is 2.00 bits per heavy atom. The Labute approximate surface area is 162 Å². The summed E-state index contributed by atoms with van der Waals surface area (Å²) in [7, 11) is 1.71. The highest BCUT2D eigenvalue weighted by Crippen LogP contribution is 2.39. The average Bonchev–Trinajstić information content (AvgIpc) is 2.99. The van der Waals surface area contributed by atoms with Crippen LogP contribution in [0.25, 0.3) is 10.9 Å². The number of alkyl halides is 2. The molecule has 1 aromatic heterocycles. The smallest absolute Gasteiger partial charge is 0.311 e. The third-order valence-corrected chi connectivity index (χ3v) is 5.05. The van der Waals surface area contributed by atoms with Gasteiger partial charge in [0.2, 0.25) is 5.91 Å². The van der Waals surface area contributed by atoms with Gasteiger partial charge in [-0.1, -0.05) is 19.9 Å². The molecule has 2 fully saturated rings. The number of piperidine rings is 1. The van der Waals surface area contributed by atoms with Gasteiger partial charge in [0.05, 0.1) is 18.0 Å². The third kappa shape index (κ3) is 3.58. The molecule has 4 rings (SSSR count). The Balaban J connectivity index is 0.00000109. The van der Waals surface area contributed by atoms with Gasteiger partial charge in [0.15, 0.2) is 5.82 Å². The minimum Gasteiger partial charge on any atom is -0.311 e. The van der Waals surface area contributed by atoms with Crippen LogP contribution in [0.3, 0.4) is 0 Å². The van der Waals surface area contributed by atoms with Crippen molar-refractivity contribution in [3.63, 3.8) is 0 Å². The van der Waals surface area contributed by atoms with Crippen molar-refractivity contribution >= 4 is 28.7 Å². The first-order chi connectivity index (χ1) is 13.4. The second kappa shape index (κ2) is 7.83. The van der Waals surface area contributed by atoms with Gasteiger partial charge in [-0.2, -0.15) is 5.10 Å². The second-order valence-electron chi connectivity index (χ2n) is 6.76. The summed E-state index contributed by atoms with van der Waals surface area (Å²) in [4.78, 5) is 24.8. The van der Waals surface area contributed by atoms with E-state index in [9.17, 15) is 18.4 Å². The zero-order valence-electron chi connectivity index (χ0n) is 16.3. The van der Waals surface area contributed by atoms with E-state index in [0.717, 1.165) is 0 Å². The van der Waals surface area contributed by atoms with Gasteiger partial charge in [-0.05, 0) is 30.7 Å². The van der Waals surface area contributed by atoms with Crippen molar-refractivity contribution < 1.29 is 18.4 Å². The summed E-state index contributed by atoms with van der Waals surface area (Å²) in [5.41, 5.74) is 1.24. The highest BCUT2D eigenvalue weighted by Gasteiger charge is 2.42. The standard InChI is InChI=1S/C17H19F2N5O2.C2H6/c1-23-13-8-10(12-4-6-20-9-17(12,18)19)2-3-11(13)15(22-23)24-7-5-14(25)21-16(24)26;1-2/h2-3,8,12,20H,4-7,9H2,1H3,(H,21,25,26);1-2H3. The van der Waals surface area contributed by atoms with E-state index in [1.807, 2.05) is 13.8 Å². The molecule has 7 nitrogen and oxygen atoms in total. The summed E-state index contributed by atoms with van der Waals surface area (Å²) in [6, 6.07) is 4.62. The Kier molecular flexibility index (Phi) is 5.64. The Hall–Kier alpha value is -2.55. The molecular formula is C19H25F2N5O2. The molecule has 2 aromatic rings. The number of hydrogen-bond acceptors (Lipinski definition) is 4. The van der Waals surface area contributed by atoms with Crippen LogP contribution in [0.5, 0.6) is 0 Å². The number of benzene rings is 1. The Morgan fingerprint density at radius 1 is 1.25 bits per heavy atom. The first kappa shape index (κ1) is 20.2. The van der Waals surface area contributed by atoms with E-state index >= 15 is 0 Å². The van der Waals surface area contributed by atoms with Gasteiger partial charge in [0.25, 0.3) is 5.92 Å². The van der Waals surface area contributed by atoms with Crippen LogP contribution in [-0.4, -0.2) is 47.3 Å². The van der Waals surface area contributed by atoms with Gasteiger partial charge in [-0.25, -0.2) is 13.6 Å². The summed E-state index contributed by atoms with van der Waals surface area (Å²) in [5, 5.41) is 10.1. The summed E-state index contributed by atoms with van der Waals surface area (Å²) < 4.78 is 30.1. The molecule has 2 saturated heterocycles. The minimum atomic E-state index is -2.81. The minimum absolute atomic E-state index is 0.198. The van der Waals surface area contributed by atoms with Crippen LogP contribution in [0, 0.1) is 0 Å². The van der Waals surface area contributed by atoms with Gasteiger partial charge in [0.1, 0.15) is 0 Å². The van der Waals surface area contributed by atoms with Crippen molar-refractivity contribution in [3.05, 3.63) is 23.8 Å². The molecular weight excluding hydrogens is 368 g/mol. The Bertz CT molecular complexity index is 896. The molecule has 0 saturated carbocycles. The number of rotatable bonds is 2. The SMILES string of the molecule is CC.Cn1nc(N2CCC(=O)NC2=O)c2ccc(C3CCNCC3(F)F)cc21. The number of carbonyl (C=O) groups excluding carboxylic acids is 2. The van der Waals surface area contributed by atoms with Crippen LogP contribution < -0.4 is 15.5 Å². The molecule has 2 aliphatic rings. The number of imide groups is 1. The molecule has 9 heteroatoms. The number of hydrogen-bond donors (Lipinski definition) is 2. The number of aromatic nitrogens is 2. The van der Waals surface area contributed by atoms with Gasteiger partial charge < -0.3 is 5.32 Å². The van der Waals surface area contributed by atoms with Gasteiger partial charge in [-0.15, -0.1) is 0 Å². The van der Waals surface area contributed by atoms with Gasteiger partial charge >= 0.3 is 6.03 Å². The highest BCUT2D eigenvalue weighted by molar-refractivity contribution is 6.08. The number of fused-ring (bicyclic) bond motifs is 1. The second-order valence-corrected chi connectivity index (χ2v) is 6.76. The quantitative estimate of drug-likeness (QED) is 0.822. The monoisotopic (exact) mass is 393 g/mol. The van der Waals surface area contributed by atoms with Crippen LogP contribution in [0.15, 0.2) is 18.2 Å². The zero-order chi connectivity index (χ0) is 20.5. The summed E-state index contributed by atoms with van der Waals surface area (Å²) >= 11 is 0. The largest absolute Gasteiger partial charge is 0.329 e. The van der Waals surface area contributed by atoms with Gasteiger partial charge in [-0.3, -0.25) is 19.7 Å². The lowest BCUT2D eigenvalue weighted by molar-refractivity contribution is -0.120. The van der Waals surface area contributed by atoms with Crippen molar-refractivity contribution in [2.75, 3.05) is 24.5 Å². The maximum Gasteiger partial charge on any atom is 0.329 e. The fourth-order valence-corrected chi connectivity index (χ4v) is 3.68. The first-order valence-corrected chi connectivity index (χ1v) is 9.53. The lowest BCUT2D eigenvalue weighted by atomic mass is 9.86. The number of aryl methyl sites for hydroxylation is 1. The summed E-state index contributed by atoms with van der Waals surface area (Å²) in [5.74, 6) is -3.54. The van der Waals surface area contributed by atoms with Gasteiger partial charge in [0, 0.05) is 25.4 Å². The summed E-state index contributed by atoms with van der Waals surface area (Å²) in [6.07, 6.45) is 0.559. The first-order valence-electron chi connectivity index (χ1n) is 9.53. The predicted octanol–water partition coefficient (Wildman–Crippen LogP) is 2.76. The molecule has 0 bridgehead atoms. The third-order valence-electron chi connectivity index (χ3n) is 5.05. The van der Waals surface area contributed by atoms with E-state index in [2.05, 4.69) is 15.7 Å². The van der Waals surface area contributed by atoms with E-state index in [0.29, 0.717) is 35.2 Å². The molecule has 152 valence electrons. The van der Waals surface area contributed by atoms with Crippen molar-refractivity contribution in [2.45, 2.75) is 38.5 Å². The lowest BCUT2D eigenvalue weighted by Gasteiger charge is -2.32. The number of halogens is 2. The molecule has 0 spiro atoms. The molecule has 1 aromatic carbocycles. The van der Waals surface area contributed by atoms with E-state index < -0.39 is 17.9 Å². The van der Waals surface area contributed by atoms with Crippen LogP contribution in [-0.2, 0) is 11.8 Å². The van der Waals surface area contributed by atoms with Crippen LogP contribution in [0.1, 0.15) is 38.2 Å². The maximum absolute atomic E-state index is 14.3. The Morgan fingerprint density at radius 3 is 2.68 bits per heavy atom. The van der Waals surface area contributed by atoms with Crippen LogP contribution in [0.4, 0.5) is 19.4 Å². The summed E-state index contributed by atoms with van der Waals surface area (Å²) in [6.45, 7) is 4.47. The molecule has 3 heterocycles. The molecule has 1 unspecified atom stereocenters. The van der Waals surface area contributed by atoms with Crippen molar-refractivity contribution in [1.82, 2.24) is 20.4 Å². The van der Waals surface area contributed by atoms with E-state index in [-0.39, 0.29) is 25.4 Å². The highest BCUT2D eigenvalue weighted by atomic mass is 19.3. The molecule has 3 amide bonds. The molecule has 0 aliphatic carbocycles. The van der Waals surface area contributed by atoms with Crippen molar-refractivity contribution in [3.8, 4) is 0 Å². The lowest BCUT2D eigenvalue weighted by Crippen LogP contribution is -2.49. The number of urea groups is 1. The van der Waals surface area contributed by atoms with Crippen molar-refractivity contribution in [2.24, 2.45) is 7.05 Å². The van der Waals surface area contributed by atoms with E-state index in [4.69, 9.17) is 0 Å². The van der Waals surface area contributed by atoms with Crippen LogP contribution in [0.2, 0.25) is 0 Å². The van der Waals surface area contributed by atoms with E-state index in [1.54, 1.807) is 29.9 Å². The maximum atomic E-state index is 14.3. The van der Waals surface area contributed by atoms with E-state index in [1.165, 1.54) is 4.90 Å². The molecule has 28 heavy (non-hydrogen) atoms. The number of nitrogens with zero attached hydrogens (tertiary/aromatic N) is 3. The number of carbonyl (C=O) groups is 2. The fourth-order valence-electron chi connectivity index (χ4n) is 3.68. The number of amides is 3. The predicted molar refractivity (Wildman–Crippen MR) is 103 cm³/mol. The number of anilines is 1. The zero-order valence-corrected chi connectivity index (χ0v) is 16.3. The fraction of sp³-hybridized carbons (Fsp3) is 0.526. The van der Waals surface area contributed by atoms with Crippen LogP contribution >= 0.6 is 0 Å². The number of nitrogens with one attached hydrogen (secondary N) is 2. The topological polar surface area (TPSA) is 79.3 Å². The molecule has 0 radical (unpaired) electrons. The molecule has 2 N–H and O–H groups in total. The normalized spacial score (nSPS) is 21.9. The van der Waals surface area contributed by atoms with Crippen molar-refractivity contribution in [1.29, 1.82) is 0 Å². The average molecular weight is 393 g/mol. The molecule has 2 aliphatic heterocycles. The molecule has 1 atom stereocenters.